The molecule has 3 aromatic rings. The minimum Gasteiger partial charge on any atom is -0.486 e. The first kappa shape index (κ1) is 18.8. The fraction of sp³-hybridized carbons (Fsp3) is 0.263. The van der Waals surface area contributed by atoms with E-state index in [-0.39, 0.29) is 18.6 Å². The average Bonchev–Trinajstić information content (AvgIpc) is 3.15. The van der Waals surface area contributed by atoms with Crippen molar-refractivity contribution < 1.29 is 9.53 Å². The van der Waals surface area contributed by atoms with Crippen LogP contribution in [0.5, 0.6) is 5.75 Å². The normalized spacial score (nSPS) is 10.8. The van der Waals surface area contributed by atoms with Crippen LogP contribution in [0, 0.1) is 0 Å². The van der Waals surface area contributed by atoms with E-state index in [0.717, 1.165) is 5.56 Å². The van der Waals surface area contributed by atoms with Gasteiger partial charge in [0, 0.05) is 17.1 Å². The summed E-state index contributed by atoms with van der Waals surface area (Å²) < 4.78 is 7.42. The third-order valence-electron chi connectivity index (χ3n) is 3.90. The summed E-state index contributed by atoms with van der Waals surface area (Å²) in [7, 11) is 0. The minimum absolute atomic E-state index is 0.153. The number of carbonyl (C=O) groups excluding carboxylic acids is 1. The van der Waals surface area contributed by atoms with Crippen molar-refractivity contribution in [2.45, 2.75) is 33.0 Å². The number of aromatic nitrogens is 4. The standard InChI is InChI=1S/C19H20ClN5O2/c1-13(2)25-18(22-23-24-25)12-27-17-9-5-15(6-10-17)19(26)21-11-14-3-7-16(20)8-4-14/h3-10,13H,11-12H2,1-2H3,(H,21,26). The Hall–Kier alpha value is -2.93. The highest BCUT2D eigenvalue weighted by atomic mass is 35.5. The van der Waals surface area contributed by atoms with E-state index in [0.29, 0.717) is 28.7 Å². The van der Waals surface area contributed by atoms with Gasteiger partial charge in [-0.15, -0.1) is 5.10 Å². The molecule has 2 aromatic carbocycles. The molecule has 1 aromatic heterocycles. The van der Waals surface area contributed by atoms with Crippen molar-refractivity contribution in [3.05, 3.63) is 70.5 Å². The molecule has 3 rings (SSSR count). The smallest absolute Gasteiger partial charge is 0.251 e. The summed E-state index contributed by atoms with van der Waals surface area (Å²) in [5, 5.41) is 15.1. The lowest BCUT2D eigenvalue weighted by Crippen LogP contribution is -2.22. The fourth-order valence-corrected chi connectivity index (χ4v) is 2.57. The van der Waals surface area contributed by atoms with Crippen LogP contribution in [0.15, 0.2) is 48.5 Å². The third kappa shape index (κ3) is 5.04. The molecule has 0 saturated carbocycles. The predicted molar refractivity (Wildman–Crippen MR) is 102 cm³/mol. The van der Waals surface area contributed by atoms with Gasteiger partial charge in [-0.2, -0.15) is 0 Å². The van der Waals surface area contributed by atoms with E-state index in [4.69, 9.17) is 16.3 Å². The number of benzene rings is 2. The molecule has 0 unspecified atom stereocenters. The predicted octanol–water partition coefficient (Wildman–Crippen LogP) is 3.42. The number of amides is 1. The molecule has 0 radical (unpaired) electrons. The molecule has 0 aliphatic heterocycles. The van der Waals surface area contributed by atoms with Gasteiger partial charge in [0.05, 0.1) is 6.04 Å². The van der Waals surface area contributed by atoms with Crippen LogP contribution in [-0.4, -0.2) is 26.1 Å². The number of halogens is 1. The van der Waals surface area contributed by atoms with Gasteiger partial charge in [0.15, 0.2) is 5.82 Å². The molecule has 0 aliphatic rings. The molecule has 0 spiro atoms. The maximum absolute atomic E-state index is 12.3. The lowest BCUT2D eigenvalue weighted by atomic mass is 10.2. The number of hydrogen-bond donors (Lipinski definition) is 1. The number of nitrogens with one attached hydrogen (secondary N) is 1. The van der Waals surface area contributed by atoms with E-state index in [1.54, 1.807) is 41.1 Å². The molecule has 27 heavy (non-hydrogen) atoms. The highest BCUT2D eigenvalue weighted by Gasteiger charge is 2.10. The highest BCUT2D eigenvalue weighted by molar-refractivity contribution is 6.30. The number of hydrogen-bond acceptors (Lipinski definition) is 5. The average molecular weight is 386 g/mol. The van der Waals surface area contributed by atoms with E-state index < -0.39 is 0 Å². The molecule has 1 amide bonds. The van der Waals surface area contributed by atoms with E-state index in [1.807, 2.05) is 26.0 Å². The number of tetrazole rings is 1. The zero-order valence-corrected chi connectivity index (χ0v) is 15.8. The fourth-order valence-electron chi connectivity index (χ4n) is 2.45. The molecule has 1 heterocycles. The zero-order valence-electron chi connectivity index (χ0n) is 15.1. The summed E-state index contributed by atoms with van der Waals surface area (Å²) in [6.07, 6.45) is 0. The van der Waals surface area contributed by atoms with Crippen LogP contribution in [0.4, 0.5) is 0 Å². The van der Waals surface area contributed by atoms with Crippen LogP contribution in [0.1, 0.15) is 41.6 Å². The molecular weight excluding hydrogens is 366 g/mol. The van der Waals surface area contributed by atoms with Gasteiger partial charge in [-0.05, 0) is 66.2 Å². The number of rotatable bonds is 7. The van der Waals surface area contributed by atoms with Crippen molar-refractivity contribution >= 4 is 17.5 Å². The minimum atomic E-state index is -0.153. The van der Waals surface area contributed by atoms with Crippen LogP contribution in [-0.2, 0) is 13.2 Å². The Bertz CT molecular complexity index is 891. The maximum atomic E-state index is 12.3. The second kappa shape index (κ2) is 8.64. The van der Waals surface area contributed by atoms with Gasteiger partial charge in [-0.3, -0.25) is 4.79 Å². The monoisotopic (exact) mass is 385 g/mol. The lowest BCUT2D eigenvalue weighted by Gasteiger charge is -2.10. The van der Waals surface area contributed by atoms with Crippen LogP contribution < -0.4 is 10.1 Å². The van der Waals surface area contributed by atoms with E-state index in [9.17, 15) is 4.79 Å². The van der Waals surface area contributed by atoms with Gasteiger partial charge < -0.3 is 10.1 Å². The molecule has 0 bridgehead atoms. The largest absolute Gasteiger partial charge is 0.486 e. The summed E-state index contributed by atoms with van der Waals surface area (Å²) in [6, 6.07) is 14.5. The second-order valence-electron chi connectivity index (χ2n) is 6.26. The molecule has 0 fully saturated rings. The molecule has 1 N–H and O–H groups in total. The van der Waals surface area contributed by atoms with Gasteiger partial charge in [0.25, 0.3) is 5.91 Å². The maximum Gasteiger partial charge on any atom is 0.251 e. The Morgan fingerprint density at radius 3 is 2.52 bits per heavy atom. The van der Waals surface area contributed by atoms with Crippen LogP contribution >= 0.6 is 11.6 Å². The Balaban J connectivity index is 1.54. The van der Waals surface area contributed by atoms with Gasteiger partial charge >= 0.3 is 0 Å². The number of ether oxygens (including phenoxy) is 1. The molecule has 0 atom stereocenters. The SMILES string of the molecule is CC(C)n1nnnc1COc1ccc(C(=O)NCc2ccc(Cl)cc2)cc1. The van der Waals surface area contributed by atoms with E-state index in [1.165, 1.54) is 0 Å². The summed E-state index contributed by atoms with van der Waals surface area (Å²) in [5.74, 6) is 1.14. The summed E-state index contributed by atoms with van der Waals surface area (Å²) in [4.78, 5) is 12.3. The molecule has 0 aliphatic carbocycles. The first-order chi connectivity index (χ1) is 13.0. The topological polar surface area (TPSA) is 81.9 Å². The van der Waals surface area contributed by atoms with Crippen molar-refractivity contribution in [1.82, 2.24) is 25.5 Å². The van der Waals surface area contributed by atoms with Gasteiger partial charge in [-0.1, -0.05) is 23.7 Å². The Morgan fingerprint density at radius 1 is 1.15 bits per heavy atom. The Morgan fingerprint density at radius 2 is 1.85 bits per heavy atom. The van der Waals surface area contributed by atoms with Crippen molar-refractivity contribution in [3.8, 4) is 5.75 Å². The second-order valence-corrected chi connectivity index (χ2v) is 6.69. The van der Waals surface area contributed by atoms with Crippen molar-refractivity contribution in [2.75, 3.05) is 0 Å². The molecule has 140 valence electrons. The van der Waals surface area contributed by atoms with E-state index >= 15 is 0 Å². The van der Waals surface area contributed by atoms with Crippen molar-refractivity contribution in [3.63, 3.8) is 0 Å². The molecular formula is C19H20ClN5O2. The van der Waals surface area contributed by atoms with Gasteiger partial charge in [0.1, 0.15) is 12.4 Å². The lowest BCUT2D eigenvalue weighted by molar-refractivity contribution is 0.0951. The summed E-state index contributed by atoms with van der Waals surface area (Å²) >= 11 is 5.86. The third-order valence-corrected chi connectivity index (χ3v) is 4.15. The molecule has 7 nitrogen and oxygen atoms in total. The van der Waals surface area contributed by atoms with Crippen LogP contribution in [0.3, 0.4) is 0 Å². The zero-order chi connectivity index (χ0) is 19.2. The van der Waals surface area contributed by atoms with E-state index in [2.05, 4.69) is 20.8 Å². The Labute approximate surface area is 162 Å². The molecule has 0 saturated heterocycles. The highest BCUT2D eigenvalue weighted by Crippen LogP contribution is 2.15. The molecule has 8 heteroatoms. The van der Waals surface area contributed by atoms with Crippen LogP contribution in [0.2, 0.25) is 5.02 Å². The summed E-state index contributed by atoms with van der Waals surface area (Å²) in [5.41, 5.74) is 1.54. The first-order valence-corrected chi connectivity index (χ1v) is 8.93. The number of carbonyl (C=O) groups is 1. The number of nitrogens with zero attached hydrogens (tertiary/aromatic N) is 4. The van der Waals surface area contributed by atoms with Crippen molar-refractivity contribution in [1.29, 1.82) is 0 Å². The Kier molecular flexibility index (Phi) is 6.03. The first-order valence-electron chi connectivity index (χ1n) is 8.55. The summed E-state index contributed by atoms with van der Waals surface area (Å²) in [6.45, 7) is 4.69. The van der Waals surface area contributed by atoms with Crippen molar-refractivity contribution in [2.24, 2.45) is 0 Å². The van der Waals surface area contributed by atoms with Gasteiger partial charge in [-0.25, -0.2) is 4.68 Å². The van der Waals surface area contributed by atoms with Gasteiger partial charge in [0.2, 0.25) is 0 Å². The quantitative estimate of drug-likeness (QED) is 0.673. The van der Waals surface area contributed by atoms with Crippen LogP contribution in [0.25, 0.3) is 0 Å².